The molecule has 1 aliphatic rings. The topological polar surface area (TPSA) is 44.6 Å². The van der Waals surface area contributed by atoms with Crippen molar-refractivity contribution in [3.63, 3.8) is 0 Å². The van der Waals surface area contributed by atoms with Gasteiger partial charge in [-0.25, -0.2) is 0 Å². The van der Waals surface area contributed by atoms with E-state index in [-0.39, 0.29) is 6.17 Å². The van der Waals surface area contributed by atoms with Crippen LogP contribution in [-0.4, -0.2) is 45.7 Å². The summed E-state index contributed by atoms with van der Waals surface area (Å²) in [5.74, 6) is -0.498. The summed E-state index contributed by atoms with van der Waals surface area (Å²) in [6.45, 7) is 8.72. The van der Waals surface area contributed by atoms with Gasteiger partial charge in [0.1, 0.15) is 6.17 Å². The summed E-state index contributed by atoms with van der Waals surface area (Å²) in [5, 5.41) is 8.44. The van der Waals surface area contributed by atoms with Gasteiger partial charge in [-0.15, -0.1) is 0 Å². The van der Waals surface area contributed by atoms with Gasteiger partial charge in [-0.2, -0.15) is 14.6 Å². The molecule has 0 saturated carbocycles. The van der Waals surface area contributed by atoms with E-state index in [9.17, 15) is 4.39 Å². The van der Waals surface area contributed by atoms with Crippen molar-refractivity contribution in [3.05, 3.63) is 60.2 Å². The minimum absolute atomic E-state index is 0.0420. The molecule has 0 aliphatic carbocycles. The molecule has 2 rings (SSSR count). The average molecular weight is 343 g/mol. The number of aromatic nitrogens is 2. The maximum Gasteiger partial charge on any atom is 0.208 e. The lowest BCUT2D eigenvalue weighted by atomic mass is 10.0. The summed E-state index contributed by atoms with van der Waals surface area (Å²) in [6.07, 6.45) is 12.1. The maximum atomic E-state index is 13.7. The molecule has 0 saturated heterocycles. The molecular weight excluding hydrogens is 317 g/mol. The van der Waals surface area contributed by atoms with Crippen LogP contribution in [-0.2, 0) is 13.0 Å². The molecule has 0 amide bonds. The molecule has 1 unspecified atom stereocenters. The Labute approximate surface area is 149 Å². The summed E-state index contributed by atoms with van der Waals surface area (Å²) < 4.78 is 13.7. The number of hydrogen-bond acceptors (Lipinski definition) is 5. The van der Waals surface area contributed by atoms with Crippen LogP contribution in [0.3, 0.4) is 0 Å². The van der Waals surface area contributed by atoms with Crippen LogP contribution in [0.5, 0.6) is 0 Å². The highest BCUT2D eigenvalue weighted by Crippen LogP contribution is 2.21. The van der Waals surface area contributed by atoms with Crippen molar-refractivity contribution in [1.82, 2.24) is 20.0 Å². The highest BCUT2D eigenvalue weighted by molar-refractivity contribution is 5.86. The Morgan fingerprint density at radius 1 is 1.44 bits per heavy atom. The van der Waals surface area contributed by atoms with E-state index in [4.69, 9.17) is 0 Å². The van der Waals surface area contributed by atoms with Crippen molar-refractivity contribution >= 4 is 5.97 Å². The lowest BCUT2D eigenvalue weighted by Crippen LogP contribution is -2.39. The quantitative estimate of drug-likeness (QED) is 0.536. The maximum absolute atomic E-state index is 13.7. The summed E-state index contributed by atoms with van der Waals surface area (Å²) in [7, 11) is 1.96. The number of halogens is 1. The van der Waals surface area contributed by atoms with Crippen LogP contribution in [0.25, 0.3) is 0 Å². The van der Waals surface area contributed by atoms with Crippen LogP contribution in [0, 0.1) is 6.92 Å². The number of allylic oxidation sites excluding steroid dienone is 3. The second kappa shape index (κ2) is 9.11. The molecule has 0 aromatic carbocycles. The van der Waals surface area contributed by atoms with Crippen LogP contribution in [0.2, 0.25) is 0 Å². The fourth-order valence-corrected chi connectivity index (χ4v) is 2.83. The van der Waals surface area contributed by atoms with E-state index >= 15 is 0 Å². The Bertz CT molecular complexity index is 680. The van der Waals surface area contributed by atoms with Gasteiger partial charge in [0.25, 0.3) is 0 Å². The highest BCUT2D eigenvalue weighted by Gasteiger charge is 2.25. The zero-order chi connectivity index (χ0) is 18.2. The molecule has 25 heavy (non-hydrogen) atoms. The highest BCUT2D eigenvalue weighted by atomic mass is 19.1. The molecule has 0 N–H and O–H groups in total. The molecule has 1 aromatic rings. The van der Waals surface area contributed by atoms with Crippen LogP contribution in [0.4, 0.5) is 4.39 Å². The Balaban J connectivity index is 2.13. The molecule has 0 radical (unpaired) electrons. The van der Waals surface area contributed by atoms with Gasteiger partial charge in [-0.3, -0.25) is 4.99 Å². The first-order valence-corrected chi connectivity index (χ1v) is 8.51. The van der Waals surface area contributed by atoms with Crippen LogP contribution in [0.15, 0.2) is 48.4 Å². The first-order valence-electron chi connectivity index (χ1n) is 8.51. The Kier molecular flexibility index (Phi) is 6.86. The molecule has 5 nitrogen and oxygen atoms in total. The molecule has 0 bridgehead atoms. The van der Waals surface area contributed by atoms with Gasteiger partial charge < -0.3 is 9.80 Å². The summed E-state index contributed by atoms with van der Waals surface area (Å²) in [5.41, 5.74) is 3.39. The van der Waals surface area contributed by atoms with Crippen LogP contribution >= 0.6 is 0 Å². The van der Waals surface area contributed by atoms with Crippen molar-refractivity contribution in [1.29, 1.82) is 0 Å². The van der Waals surface area contributed by atoms with Crippen molar-refractivity contribution < 1.29 is 4.39 Å². The first kappa shape index (κ1) is 18.8. The monoisotopic (exact) mass is 343 g/mol. The smallest absolute Gasteiger partial charge is 0.208 e. The van der Waals surface area contributed by atoms with Crippen molar-refractivity contribution in [3.8, 4) is 0 Å². The van der Waals surface area contributed by atoms with E-state index in [2.05, 4.69) is 40.5 Å². The minimum atomic E-state index is -0.498. The van der Waals surface area contributed by atoms with Gasteiger partial charge in [-0.05, 0) is 30.5 Å². The van der Waals surface area contributed by atoms with Crippen LogP contribution < -0.4 is 0 Å². The summed E-state index contributed by atoms with van der Waals surface area (Å²) in [6, 6.07) is 0. The van der Waals surface area contributed by atoms with Crippen LogP contribution in [0.1, 0.15) is 30.2 Å². The van der Waals surface area contributed by atoms with E-state index < -0.39 is 5.97 Å². The number of nitrogens with zero attached hydrogens (tertiary/aromatic N) is 5. The van der Waals surface area contributed by atoms with Gasteiger partial charge in [0.2, 0.25) is 5.97 Å². The van der Waals surface area contributed by atoms with Crippen molar-refractivity contribution in [2.24, 2.45) is 4.99 Å². The third kappa shape index (κ3) is 4.98. The molecule has 1 aromatic heterocycles. The SMILES string of the molecule is C=C/C=C\C(F)=NCC1N(C)C=CN1Cc1nncc(C)c1CCC. The van der Waals surface area contributed by atoms with E-state index in [0.29, 0.717) is 13.1 Å². The zero-order valence-corrected chi connectivity index (χ0v) is 15.2. The molecule has 2 heterocycles. The van der Waals surface area contributed by atoms with Gasteiger partial charge in [-0.1, -0.05) is 32.1 Å². The Hall–Kier alpha value is -2.50. The summed E-state index contributed by atoms with van der Waals surface area (Å²) >= 11 is 0. The zero-order valence-electron chi connectivity index (χ0n) is 15.2. The lowest BCUT2D eigenvalue weighted by Gasteiger charge is -2.29. The van der Waals surface area contributed by atoms with Crippen molar-refractivity contribution in [2.75, 3.05) is 13.6 Å². The molecule has 0 fully saturated rings. The molecule has 134 valence electrons. The number of aliphatic imine (C=N–C) groups is 1. The summed E-state index contributed by atoms with van der Waals surface area (Å²) in [4.78, 5) is 8.16. The predicted octanol–water partition coefficient (Wildman–Crippen LogP) is 3.39. The second-order valence-electron chi connectivity index (χ2n) is 6.08. The number of rotatable bonds is 8. The molecule has 0 spiro atoms. The van der Waals surface area contributed by atoms with E-state index in [1.807, 2.05) is 30.5 Å². The van der Waals surface area contributed by atoms with E-state index in [1.165, 1.54) is 29.4 Å². The molecular formula is C19H26FN5. The van der Waals surface area contributed by atoms with E-state index in [1.54, 1.807) is 0 Å². The second-order valence-corrected chi connectivity index (χ2v) is 6.08. The Morgan fingerprint density at radius 2 is 2.24 bits per heavy atom. The third-order valence-electron chi connectivity index (χ3n) is 4.21. The van der Waals surface area contributed by atoms with Gasteiger partial charge in [0.15, 0.2) is 0 Å². The van der Waals surface area contributed by atoms with Crippen molar-refractivity contribution in [2.45, 2.75) is 39.4 Å². The van der Waals surface area contributed by atoms with Gasteiger partial charge >= 0.3 is 0 Å². The normalized spacial score (nSPS) is 17.8. The fourth-order valence-electron chi connectivity index (χ4n) is 2.83. The predicted molar refractivity (Wildman–Crippen MR) is 99.7 cm³/mol. The standard InChI is InChI=1S/C19H26FN5/c1-5-7-9-18(20)21-13-19-24(4)10-11-25(19)14-17-16(8-6-2)15(3)12-22-23-17/h5,7,9-12,19H,1,6,8,13-14H2,2-4H3/b9-7-,21-18?. The molecule has 6 heteroatoms. The lowest BCUT2D eigenvalue weighted by molar-refractivity contribution is 0.175. The first-order chi connectivity index (χ1) is 12.1. The Morgan fingerprint density at radius 3 is 2.96 bits per heavy atom. The number of likely N-dealkylation sites (N-methyl/N-ethyl adjacent to an activating group) is 1. The third-order valence-corrected chi connectivity index (χ3v) is 4.21. The van der Waals surface area contributed by atoms with Gasteiger partial charge in [0.05, 0.1) is 25.0 Å². The number of hydrogen-bond donors (Lipinski definition) is 0. The minimum Gasteiger partial charge on any atom is -0.358 e. The van der Waals surface area contributed by atoms with E-state index in [0.717, 1.165) is 18.5 Å². The molecule has 1 atom stereocenters. The fraction of sp³-hybridized carbons (Fsp3) is 0.421. The largest absolute Gasteiger partial charge is 0.358 e. The molecule has 1 aliphatic heterocycles. The number of aryl methyl sites for hydroxylation is 1. The van der Waals surface area contributed by atoms with Gasteiger partial charge in [0, 0.05) is 19.4 Å². The average Bonchev–Trinajstić information content (AvgIpc) is 2.94.